The lowest BCUT2D eigenvalue weighted by molar-refractivity contribution is -0.122. The minimum absolute atomic E-state index is 0.119. The summed E-state index contributed by atoms with van der Waals surface area (Å²) in [5, 5.41) is 4.07. The van der Waals surface area contributed by atoms with Crippen molar-refractivity contribution in [1.29, 1.82) is 0 Å². The van der Waals surface area contributed by atoms with Crippen molar-refractivity contribution in [1.82, 2.24) is 14.9 Å². The third-order valence-corrected chi connectivity index (χ3v) is 5.17. The highest BCUT2D eigenvalue weighted by atomic mass is 35.5. The van der Waals surface area contributed by atoms with Gasteiger partial charge >= 0.3 is 0 Å². The summed E-state index contributed by atoms with van der Waals surface area (Å²) in [4.78, 5) is 16.7. The zero-order chi connectivity index (χ0) is 17.4. The van der Waals surface area contributed by atoms with Crippen LogP contribution in [0.2, 0.25) is 10.0 Å². The van der Waals surface area contributed by atoms with Gasteiger partial charge in [0.1, 0.15) is 5.82 Å². The van der Waals surface area contributed by atoms with Crippen LogP contribution in [0.3, 0.4) is 0 Å². The molecule has 2 aromatic carbocycles. The topological polar surface area (TPSA) is 46.9 Å². The van der Waals surface area contributed by atoms with Crippen LogP contribution in [-0.2, 0) is 17.9 Å². The Balaban J connectivity index is 1.65. The fraction of sp³-hybridized carbons (Fsp3) is 0.263. The molecule has 1 aromatic heterocycles. The van der Waals surface area contributed by atoms with E-state index in [1.165, 1.54) is 0 Å². The molecule has 1 amide bonds. The van der Waals surface area contributed by atoms with Gasteiger partial charge in [-0.25, -0.2) is 4.98 Å². The Hall–Kier alpha value is -2.04. The first kappa shape index (κ1) is 16.4. The van der Waals surface area contributed by atoms with Crippen molar-refractivity contribution in [2.45, 2.75) is 25.9 Å². The Morgan fingerprint density at radius 1 is 1.16 bits per heavy atom. The van der Waals surface area contributed by atoms with Gasteiger partial charge in [0.2, 0.25) is 5.91 Å². The molecule has 4 rings (SSSR count). The molecule has 0 atom stereocenters. The van der Waals surface area contributed by atoms with E-state index in [0.717, 1.165) is 35.3 Å². The summed E-state index contributed by atoms with van der Waals surface area (Å²) in [6.45, 7) is 1.04. The second kappa shape index (κ2) is 6.70. The number of imidazole rings is 1. The maximum absolute atomic E-state index is 12.0. The quantitative estimate of drug-likeness (QED) is 0.719. The lowest BCUT2D eigenvalue weighted by Gasteiger charge is -2.11. The monoisotopic (exact) mass is 373 g/mol. The van der Waals surface area contributed by atoms with Crippen molar-refractivity contribution in [3.8, 4) is 0 Å². The van der Waals surface area contributed by atoms with Gasteiger partial charge in [0.15, 0.2) is 0 Å². The zero-order valence-electron chi connectivity index (χ0n) is 13.5. The van der Waals surface area contributed by atoms with E-state index in [2.05, 4.69) is 14.9 Å². The first-order chi connectivity index (χ1) is 12.1. The minimum atomic E-state index is 0.119. The number of carbonyl (C=O) groups is 1. The molecule has 0 unspecified atom stereocenters. The second-order valence-corrected chi connectivity index (χ2v) is 7.16. The Labute approximate surface area is 155 Å². The summed E-state index contributed by atoms with van der Waals surface area (Å²) in [5.74, 6) is 1.14. The largest absolute Gasteiger partial charge is 0.349 e. The lowest BCUT2D eigenvalue weighted by Crippen LogP contribution is -2.26. The van der Waals surface area contributed by atoms with Gasteiger partial charge in [0.25, 0.3) is 0 Å². The molecule has 1 saturated carbocycles. The van der Waals surface area contributed by atoms with Crippen LogP contribution in [0.5, 0.6) is 0 Å². The van der Waals surface area contributed by atoms with Crippen LogP contribution in [0, 0.1) is 5.92 Å². The number of hydrogen-bond acceptors (Lipinski definition) is 2. The smallest absolute Gasteiger partial charge is 0.223 e. The third kappa shape index (κ3) is 3.51. The van der Waals surface area contributed by atoms with E-state index >= 15 is 0 Å². The van der Waals surface area contributed by atoms with Crippen LogP contribution in [0.25, 0.3) is 11.0 Å². The van der Waals surface area contributed by atoms with Gasteiger partial charge in [-0.1, -0.05) is 41.4 Å². The molecule has 128 valence electrons. The molecule has 0 saturated heterocycles. The first-order valence-corrected chi connectivity index (χ1v) is 9.03. The Kier molecular flexibility index (Phi) is 4.40. The third-order valence-electron chi connectivity index (χ3n) is 4.43. The van der Waals surface area contributed by atoms with E-state index < -0.39 is 0 Å². The Bertz CT molecular complexity index is 947. The van der Waals surface area contributed by atoms with Crippen LogP contribution in [-0.4, -0.2) is 15.5 Å². The van der Waals surface area contributed by atoms with Gasteiger partial charge in [-0.05, 0) is 42.7 Å². The van der Waals surface area contributed by atoms with Crippen molar-refractivity contribution in [3.05, 3.63) is 63.9 Å². The lowest BCUT2D eigenvalue weighted by atomic mass is 10.2. The number of carbonyl (C=O) groups excluding carboxylic acids is 1. The molecule has 1 aliphatic rings. The maximum atomic E-state index is 12.0. The predicted molar refractivity (Wildman–Crippen MR) is 99.9 cm³/mol. The fourth-order valence-corrected chi connectivity index (χ4v) is 3.23. The van der Waals surface area contributed by atoms with Crippen molar-refractivity contribution in [3.63, 3.8) is 0 Å². The number of rotatable bonds is 5. The van der Waals surface area contributed by atoms with E-state index in [9.17, 15) is 4.79 Å². The Morgan fingerprint density at radius 3 is 2.72 bits per heavy atom. The van der Waals surface area contributed by atoms with E-state index in [0.29, 0.717) is 23.1 Å². The predicted octanol–water partition coefficient (Wildman–Crippen LogP) is 4.42. The van der Waals surface area contributed by atoms with Gasteiger partial charge in [0.05, 0.1) is 27.6 Å². The highest BCUT2D eigenvalue weighted by molar-refractivity contribution is 6.42. The molecular formula is C19H17Cl2N3O. The van der Waals surface area contributed by atoms with E-state index in [-0.39, 0.29) is 11.8 Å². The normalized spacial score (nSPS) is 14.0. The van der Waals surface area contributed by atoms with E-state index in [1.807, 2.05) is 36.4 Å². The van der Waals surface area contributed by atoms with Crippen molar-refractivity contribution in [2.75, 3.05) is 0 Å². The van der Waals surface area contributed by atoms with Crippen LogP contribution >= 0.6 is 23.2 Å². The molecule has 1 heterocycles. The number of aromatic nitrogens is 2. The standard InChI is InChI=1S/C19H17Cl2N3O/c20-14-8-5-12(9-15(14)21)11-24-17-4-2-1-3-16(17)23-18(24)10-22-19(25)13-6-7-13/h1-5,8-9,13H,6-7,10-11H2,(H,22,25). The van der Waals surface area contributed by atoms with Crippen LogP contribution in [0.4, 0.5) is 0 Å². The van der Waals surface area contributed by atoms with Gasteiger partial charge in [0, 0.05) is 12.5 Å². The fourth-order valence-electron chi connectivity index (χ4n) is 2.91. The van der Waals surface area contributed by atoms with E-state index in [4.69, 9.17) is 23.2 Å². The molecule has 0 spiro atoms. The highest BCUT2D eigenvalue weighted by Gasteiger charge is 2.29. The van der Waals surface area contributed by atoms with Gasteiger partial charge in [-0.15, -0.1) is 0 Å². The van der Waals surface area contributed by atoms with Gasteiger partial charge < -0.3 is 9.88 Å². The summed E-state index contributed by atoms with van der Waals surface area (Å²) in [6, 6.07) is 13.6. The van der Waals surface area contributed by atoms with Crippen LogP contribution in [0.15, 0.2) is 42.5 Å². The average molecular weight is 374 g/mol. The summed E-state index contributed by atoms with van der Waals surface area (Å²) in [5.41, 5.74) is 2.98. The number of amides is 1. The number of benzene rings is 2. The second-order valence-electron chi connectivity index (χ2n) is 6.34. The molecule has 1 aliphatic carbocycles. The average Bonchev–Trinajstić information content (AvgIpc) is 3.40. The summed E-state index contributed by atoms with van der Waals surface area (Å²) in [6.07, 6.45) is 1.98. The first-order valence-electron chi connectivity index (χ1n) is 8.27. The van der Waals surface area contributed by atoms with Crippen molar-refractivity contribution >= 4 is 40.1 Å². The number of para-hydroxylation sites is 2. The summed E-state index contributed by atoms with van der Waals surface area (Å²) >= 11 is 12.2. The van der Waals surface area contributed by atoms with Crippen molar-refractivity contribution < 1.29 is 4.79 Å². The molecule has 1 N–H and O–H groups in total. The molecule has 25 heavy (non-hydrogen) atoms. The number of nitrogens with one attached hydrogen (secondary N) is 1. The molecule has 0 bridgehead atoms. The number of hydrogen-bond donors (Lipinski definition) is 1. The number of nitrogens with zero attached hydrogens (tertiary/aromatic N) is 2. The molecular weight excluding hydrogens is 357 g/mol. The van der Waals surface area contributed by atoms with Crippen LogP contribution < -0.4 is 5.32 Å². The zero-order valence-corrected chi connectivity index (χ0v) is 15.0. The minimum Gasteiger partial charge on any atom is -0.349 e. The molecule has 6 heteroatoms. The maximum Gasteiger partial charge on any atom is 0.223 e. The highest BCUT2D eigenvalue weighted by Crippen LogP contribution is 2.29. The number of fused-ring (bicyclic) bond motifs is 1. The SMILES string of the molecule is O=C(NCc1nc2ccccc2n1Cc1ccc(Cl)c(Cl)c1)C1CC1. The molecule has 0 radical (unpaired) electrons. The van der Waals surface area contributed by atoms with Crippen molar-refractivity contribution in [2.24, 2.45) is 5.92 Å². The van der Waals surface area contributed by atoms with Gasteiger partial charge in [-0.2, -0.15) is 0 Å². The summed E-state index contributed by atoms with van der Waals surface area (Å²) in [7, 11) is 0. The van der Waals surface area contributed by atoms with Gasteiger partial charge in [-0.3, -0.25) is 4.79 Å². The Morgan fingerprint density at radius 2 is 1.96 bits per heavy atom. The number of halogens is 2. The molecule has 0 aliphatic heterocycles. The summed E-state index contributed by atoms with van der Waals surface area (Å²) < 4.78 is 2.11. The molecule has 3 aromatic rings. The molecule has 4 nitrogen and oxygen atoms in total. The van der Waals surface area contributed by atoms with Crippen LogP contribution in [0.1, 0.15) is 24.2 Å². The van der Waals surface area contributed by atoms with E-state index in [1.54, 1.807) is 6.07 Å². The molecule has 1 fully saturated rings.